The second-order valence-electron chi connectivity index (χ2n) is 10.1. The van der Waals surface area contributed by atoms with Crippen LogP contribution in [-0.2, 0) is 38.1 Å². The number of aliphatic hydroxyl groups is 6. The van der Waals surface area contributed by atoms with Crippen LogP contribution >= 0.6 is 0 Å². The van der Waals surface area contributed by atoms with E-state index in [0.29, 0.717) is 0 Å². The Labute approximate surface area is 239 Å². The van der Waals surface area contributed by atoms with Crippen LogP contribution in [0.4, 0.5) is 0 Å². The molecule has 2 amide bonds. The number of carbonyl (C=O) groups excluding carboxylic acids is 2. The van der Waals surface area contributed by atoms with Gasteiger partial charge in [0, 0.05) is 20.3 Å². The highest BCUT2D eigenvalue weighted by Crippen LogP contribution is 2.35. The molecule has 0 aromatic carbocycles. The smallest absolute Gasteiger partial charge is 0.364 e. The maximum absolute atomic E-state index is 12.4. The number of amides is 2. The summed E-state index contributed by atoms with van der Waals surface area (Å²) in [4.78, 5) is 47.0. The minimum absolute atomic E-state index is 0.675. The highest BCUT2D eigenvalue weighted by atomic mass is 16.7. The third-order valence-corrected chi connectivity index (χ3v) is 6.88. The summed E-state index contributed by atoms with van der Waals surface area (Å²) in [7, 11) is 0. The molecular weight excluding hydrogens is 574 g/mol. The Morgan fingerprint density at radius 3 is 2.10 bits per heavy atom. The summed E-state index contributed by atoms with van der Waals surface area (Å²) in [6, 6.07) is -4.45. The van der Waals surface area contributed by atoms with Crippen LogP contribution in [0.25, 0.3) is 0 Å². The van der Waals surface area contributed by atoms with Crippen LogP contribution in [0.5, 0.6) is 0 Å². The number of hydrogen-bond acceptors (Lipinski definition) is 15. The molecule has 0 aromatic heterocycles. The van der Waals surface area contributed by atoms with E-state index >= 15 is 0 Å². The monoisotopic (exact) mass is 613 g/mol. The molecule has 2 heterocycles. The first-order valence-electron chi connectivity index (χ1n) is 12.9. The van der Waals surface area contributed by atoms with E-state index in [2.05, 4.69) is 10.6 Å². The lowest BCUT2D eigenvalue weighted by atomic mass is 9.88. The second kappa shape index (κ2) is 14.8. The fourth-order valence-corrected chi connectivity index (χ4v) is 4.56. The Hall–Kier alpha value is -2.56. The van der Waals surface area contributed by atoms with E-state index in [1.54, 1.807) is 0 Å². The fourth-order valence-electron chi connectivity index (χ4n) is 4.56. The molecule has 4 unspecified atom stereocenters. The first-order chi connectivity index (χ1) is 19.4. The summed E-state index contributed by atoms with van der Waals surface area (Å²) >= 11 is 0. The van der Waals surface area contributed by atoms with Crippen molar-refractivity contribution in [1.29, 1.82) is 0 Å². The number of aliphatic carboxylic acids is 2. The summed E-state index contributed by atoms with van der Waals surface area (Å²) in [5.74, 6) is -7.44. The standard InChI is InChI=1S/C23H39N3O16/c1-7(13(24)20(35)36)40-21-15(26-9(3)29)18(34)17(33)12(41-21)6-39-23(22(37)38)4-10(30)14(25-8(2)28)19(42-23)16(32)11(31)5-27/h7,10-19,21,27,30-34H,4-6,24H2,1-3H3,(H,25,28)(H,26,29)(H,35,36)(H,37,38)/t7-,10-,11-,12?,13+,14-,15?,16-,17+,18?,19?,21+,23-/m1/s1. The van der Waals surface area contributed by atoms with Gasteiger partial charge < -0.3 is 76.2 Å². The number of hydrogen-bond donors (Lipinski definition) is 11. The van der Waals surface area contributed by atoms with Gasteiger partial charge >= 0.3 is 11.9 Å². The van der Waals surface area contributed by atoms with Gasteiger partial charge in [-0.2, -0.15) is 0 Å². The number of nitrogens with one attached hydrogen (secondary N) is 2. The van der Waals surface area contributed by atoms with Gasteiger partial charge in [0.1, 0.15) is 48.7 Å². The van der Waals surface area contributed by atoms with Crippen molar-refractivity contribution >= 4 is 23.8 Å². The van der Waals surface area contributed by atoms with Gasteiger partial charge in [0.25, 0.3) is 5.79 Å². The van der Waals surface area contributed by atoms with Crippen molar-refractivity contribution in [2.45, 2.75) is 106 Å². The van der Waals surface area contributed by atoms with Gasteiger partial charge in [-0.15, -0.1) is 0 Å². The molecule has 2 saturated heterocycles. The van der Waals surface area contributed by atoms with Crippen LogP contribution < -0.4 is 16.4 Å². The summed E-state index contributed by atoms with van der Waals surface area (Å²) < 4.78 is 22.1. The second-order valence-corrected chi connectivity index (χ2v) is 10.1. The third kappa shape index (κ3) is 8.29. The van der Waals surface area contributed by atoms with Crippen molar-refractivity contribution in [3.8, 4) is 0 Å². The molecule has 2 rings (SSSR count). The Bertz CT molecular complexity index is 972. The molecule has 0 bridgehead atoms. The van der Waals surface area contributed by atoms with Gasteiger partial charge in [-0.05, 0) is 6.92 Å². The van der Waals surface area contributed by atoms with Crippen molar-refractivity contribution in [3.05, 3.63) is 0 Å². The highest BCUT2D eigenvalue weighted by molar-refractivity contribution is 5.76. The maximum atomic E-state index is 12.4. The number of rotatable bonds is 13. The molecule has 0 radical (unpaired) electrons. The molecule has 2 aliphatic rings. The van der Waals surface area contributed by atoms with Crippen LogP contribution in [0.3, 0.4) is 0 Å². The van der Waals surface area contributed by atoms with Crippen LogP contribution in [-0.4, -0.2) is 157 Å². The predicted molar refractivity (Wildman–Crippen MR) is 133 cm³/mol. The zero-order chi connectivity index (χ0) is 32.1. The van der Waals surface area contributed by atoms with Crippen molar-refractivity contribution in [1.82, 2.24) is 10.6 Å². The number of carbonyl (C=O) groups is 4. The van der Waals surface area contributed by atoms with Gasteiger partial charge in [-0.3, -0.25) is 14.4 Å². The summed E-state index contributed by atoms with van der Waals surface area (Å²) in [6.45, 7) is 1.54. The van der Waals surface area contributed by atoms with Crippen LogP contribution in [0.15, 0.2) is 0 Å². The molecule has 42 heavy (non-hydrogen) atoms. The molecule has 242 valence electrons. The number of aliphatic hydroxyl groups excluding tert-OH is 6. The van der Waals surface area contributed by atoms with Gasteiger partial charge in [0.2, 0.25) is 11.8 Å². The average molecular weight is 614 g/mol. The third-order valence-electron chi connectivity index (χ3n) is 6.88. The summed E-state index contributed by atoms with van der Waals surface area (Å²) in [5.41, 5.74) is 5.56. The topological polar surface area (TPSA) is 317 Å². The van der Waals surface area contributed by atoms with Gasteiger partial charge in [0.05, 0.1) is 31.5 Å². The lowest BCUT2D eigenvalue weighted by Crippen LogP contribution is -2.69. The predicted octanol–water partition coefficient (Wildman–Crippen LogP) is -6.08. The molecule has 13 atom stereocenters. The van der Waals surface area contributed by atoms with E-state index in [-0.39, 0.29) is 0 Å². The molecule has 19 heteroatoms. The summed E-state index contributed by atoms with van der Waals surface area (Å²) in [6.07, 6.45) is -16.5. The van der Waals surface area contributed by atoms with Crippen LogP contribution in [0.2, 0.25) is 0 Å². The van der Waals surface area contributed by atoms with Gasteiger partial charge in [0.15, 0.2) is 6.29 Å². The fraction of sp³-hybridized carbons (Fsp3) is 0.826. The average Bonchev–Trinajstić information content (AvgIpc) is 2.91. The normalized spacial score (nSPS) is 36.2. The Kier molecular flexibility index (Phi) is 12.5. The number of carboxylic acids is 2. The lowest BCUT2D eigenvalue weighted by molar-refractivity contribution is -0.332. The van der Waals surface area contributed by atoms with E-state index in [0.717, 1.165) is 13.8 Å². The van der Waals surface area contributed by atoms with Crippen molar-refractivity contribution in [3.63, 3.8) is 0 Å². The first kappa shape index (κ1) is 35.6. The molecule has 12 N–H and O–H groups in total. The Morgan fingerprint density at radius 1 is 1.02 bits per heavy atom. The minimum Gasteiger partial charge on any atom is -0.480 e. The van der Waals surface area contributed by atoms with E-state index in [1.807, 2.05) is 0 Å². The van der Waals surface area contributed by atoms with Crippen LogP contribution in [0.1, 0.15) is 27.2 Å². The van der Waals surface area contributed by atoms with E-state index in [1.165, 1.54) is 6.92 Å². The van der Waals surface area contributed by atoms with Crippen molar-refractivity contribution in [2.24, 2.45) is 5.73 Å². The molecule has 2 fully saturated rings. The first-order valence-corrected chi connectivity index (χ1v) is 12.9. The zero-order valence-corrected chi connectivity index (χ0v) is 23.0. The Balaban J connectivity index is 2.34. The van der Waals surface area contributed by atoms with Crippen molar-refractivity contribution in [2.75, 3.05) is 13.2 Å². The molecule has 0 aliphatic carbocycles. The number of ether oxygens (including phenoxy) is 4. The van der Waals surface area contributed by atoms with Gasteiger partial charge in [-0.25, -0.2) is 4.79 Å². The van der Waals surface area contributed by atoms with Gasteiger partial charge in [-0.1, -0.05) is 0 Å². The number of carboxylic acid groups (broad SMARTS) is 2. The highest BCUT2D eigenvalue weighted by Gasteiger charge is 2.57. The van der Waals surface area contributed by atoms with E-state index < -0.39 is 122 Å². The molecule has 2 aliphatic heterocycles. The van der Waals surface area contributed by atoms with Crippen molar-refractivity contribution < 1.29 is 79.0 Å². The summed E-state index contributed by atoms with van der Waals surface area (Å²) in [5, 5.41) is 85.6. The zero-order valence-electron chi connectivity index (χ0n) is 23.0. The molecule has 0 aromatic rings. The molecule has 0 spiro atoms. The molecule has 0 saturated carbocycles. The Morgan fingerprint density at radius 2 is 1.60 bits per heavy atom. The number of nitrogens with two attached hydrogens (primary N) is 1. The SMILES string of the molecule is CC(=O)NC1C(O)[C@@H](O)C(CO[C@]2(C(=O)O)C[C@@H](O)[C@@H](NC(C)=O)C([C@H](O)[C@H](O)CO)O2)O[C@@H]1O[C@H](C)[C@H](N)C(=O)O. The quantitative estimate of drug-likeness (QED) is 0.0920. The minimum atomic E-state index is -2.78. The van der Waals surface area contributed by atoms with Crippen LogP contribution in [0, 0.1) is 0 Å². The molecular formula is C23H39N3O16. The van der Waals surface area contributed by atoms with E-state index in [4.69, 9.17) is 29.8 Å². The lowest BCUT2D eigenvalue weighted by Gasteiger charge is -2.48. The van der Waals surface area contributed by atoms with E-state index in [9.17, 15) is 54.9 Å². The molecule has 19 nitrogen and oxygen atoms in total. The largest absolute Gasteiger partial charge is 0.480 e. The maximum Gasteiger partial charge on any atom is 0.364 e.